The maximum atomic E-state index is 12.0. The molecule has 2 N–H and O–H groups in total. The molecule has 0 radical (unpaired) electrons. The third kappa shape index (κ3) is 3.21. The molecule has 0 spiro atoms. The molecule has 0 aromatic heterocycles. The predicted octanol–water partition coefficient (Wildman–Crippen LogP) is 2.01. The van der Waals surface area contributed by atoms with Gasteiger partial charge in [0.2, 0.25) is 5.91 Å². The number of piperidine rings is 1. The predicted molar refractivity (Wildman–Crippen MR) is 67.0 cm³/mol. The van der Waals surface area contributed by atoms with Crippen LogP contribution < -0.4 is 5.73 Å². The fraction of sp³-hybridized carbons (Fsp3) is 0.923. The maximum absolute atomic E-state index is 12.0. The molecule has 1 saturated heterocycles. The van der Waals surface area contributed by atoms with Gasteiger partial charge in [0.05, 0.1) is 5.54 Å². The van der Waals surface area contributed by atoms with Gasteiger partial charge in [0.15, 0.2) is 0 Å². The van der Waals surface area contributed by atoms with Gasteiger partial charge < -0.3 is 10.6 Å². The van der Waals surface area contributed by atoms with Crippen LogP contribution in [0.1, 0.15) is 47.5 Å². The van der Waals surface area contributed by atoms with E-state index in [2.05, 4.69) is 20.8 Å². The zero-order valence-corrected chi connectivity index (χ0v) is 11.3. The van der Waals surface area contributed by atoms with Crippen LogP contribution in [0.15, 0.2) is 0 Å². The van der Waals surface area contributed by atoms with Crippen molar-refractivity contribution in [2.24, 2.45) is 17.1 Å². The molecular weight excluding hydrogens is 200 g/mol. The number of carbonyl (C=O) groups excluding carboxylic acids is 1. The maximum Gasteiger partial charge on any atom is 0.242 e. The third-order valence-electron chi connectivity index (χ3n) is 3.56. The minimum Gasteiger partial charge on any atom is -0.341 e. The molecule has 1 rings (SSSR count). The minimum absolute atomic E-state index is 0.0832. The molecule has 0 atom stereocenters. The van der Waals surface area contributed by atoms with Crippen molar-refractivity contribution in [3.05, 3.63) is 0 Å². The van der Waals surface area contributed by atoms with Crippen LogP contribution in [0.5, 0.6) is 0 Å². The fourth-order valence-corrected chi connectivity index (χ4v) is 2.36. The van der Waals surface area contributed by atoms with Crippen molar-refractivity contribution in [2.45, 2.75) is 53.0 Å². The molecule has 1 fully saturated rings. The molecule has 1 aliphatic heterocycles. The van der Waals surface area contributed by atoms with Gasteiger partial charge in [-0.3, -0.25) is 4.79 Å². The Morgan fingerprint density at radius 3 is 1.88 bits per heavy atom. The minimum atomic E-state index is -0.728. The molecule has 0 aromatic carbocycles. The normalized spacial score (nSPS) is 20.0. The summed E-state index contributed by atoms with van der Waals surface area (Å²) >= 11 is 0. The molecule has 16 heavy (non-hydrogen) atoms. The van der Waals surface area contributed by atoms with Crippen molar-refractivity contribution in [2.75, 3.05) is 13.1 Å². The largest absolute Gasteiger partial charge is 0.341 e. The Labute approximate surface area is 99.4 Å². The van der Waals surface area contributed by atoms with Crippen LogP contribution in [0.25, 0.3) is 0 Å². The lowest BCUT2D eigenvalue weighted by atomic mass is 9.75. The van der Waals surface area contributed by atoms with E-state index < -0.39 is 5.54 Å². The van der Waals surface area contributed by atoms with E-state index in [4.69, 9.17) is 5.73 Å². The summed E-state index contributed by atoms with van der Waals surface area (Å²) in [6.07, 6.45) is 2.20. The monoisotopic (exact) mass is 226 g/mol. The number of hydrogen-bond acceptors (Lipinski definition) is 2. The second-order valence-electron chi connectivity index (χ2n) is 6.65. The van der Waals surface area contributed by atoms with Gasteiger partial charge in [0, 0.05) is 13.1 Å². The molecule has 0 unspecified atom stereocenters. The van der Waals surface area contributed by atoms with E-state index >= 15 is 0 Å². The van der Waals surface area contributed by atoms with E-state index in [1.165, 1.54) is 0 Å². The van der Waals surface area contributed by atoms with Crippen LogP contribution in [-0.2, 0) is 4.79 Å². The van der Waals surface area contributed by atoms with E-state index in [0.717, 1.165) is 31.8 Å². The zero-order chi connectivity index (χ0) is 12.6. The summed E-state index contributed by atoms with van der Waals surface area (Å²) in [6, 6.07) is 0. The van der Waals surface area contributed by atoms with Gasteiger partial charge in [-0.15, -0.1) is 0 Å². The highest BCUT2D eigenvalue weighted by Gasteiger charge is 2.34. The summed E-state index contributed by atoms with van der Waals surface area (Å²) in [7, 11) is 0. The topological polar surface area (TPSA) is 46.3 Å². The Morgan fingerprint density at radius 2 is 1.56 bits per heavy atom. The van der Waals surface area contributed by atoms with Crippen molar-refractivity contribution in [1.82, 2.24) is 4.90 Å². The highest BCUT2D eigenvalue weighted by molar-refractivity contribution is 5.85. The summed E-state index contributed by atoms with van der Waals surface area (Å²) in [5, 5.41) is 0. The second kappa shape index (κ2) is 4.36. The summed E-state index contributed by atoms with van der Waals surface area (Å²) in [6.45, 7) is 12.1. The highest BCUT2D eigenvalue weighted by Crippen LogP contribution is 2.34. The molecule has 3 heteroatoms. The molecule has 0 aliphatic carbocycles. The molecule has 94 valence electrons. The van der Waals surface area contributed by atoms with Crippen LogP contribution in [0.4, 0.5) is 0 Å². The first-order chi connectivity index (χ1) is 7.12. The number of amides is 1. The lowest BCUT2D eigenvalue weighted by Gasteiger charge is -2.40. The first kappa shape index (κ1) is 13.5. The molecule has 0 bridgehead atoms. The van der Waals surface area contributed by atoms with Crippen molar-refractivity contribution in [1.29, 1.82) is 0 Å². The molecule has 0 saturated carbocycles. The Hall–Kier alpha value is -0.570. The number of likely N-dealkylation sites (tertiary alicyclic amines) is 1. The lowest BCUT2D eigenvalue weighted by molar-refractivity contribution is -0.137. The summed E-state index contributed by atoms with van der Waals surface area (Å²) in [5.41, 5.74) is 5.47. The first-order valence-corrected chi connectivity index (χ1v) is 6.20. The molecule has 1 aliphatic rings. The Bertz CT molecular complexity index is 252. The summed E-state index contributed by atoms with van der Waals surface area (Å²) < 4.78 is 0. The fourth-order valence-electron chi connectivity index (χ4n) is 2.36. The Morgan fingerprint density at radius 1 is 1.12 bits per heavy atom. The van der Waals surface area contributed by atoms with Crippen molar-refractivity contribution in [3.63, 3.8) is 0 Å². The molecule has 3 nitrogen and oxygen atoms in total. The number of carbonyl (C=O) groups is 1. The highest BCUT2D eigenvalue weighted by atomic mass is 16.2. The van der Waals surface area contributed by atoms with Crippen molar-refractivity contribution in [3.8, 4) is 0 Å². The van der Waals surface area contributed by atoms with E-state index in [-0.39, 0.29) is 5.91 Å². The van der Waals surface area contributed by atoms with E-state index in [9.17, 15) is 4.79 Å². The quantitative estimate of drug-likeness (QED) is 0.743. The number of nitrogens with two attached hydrogens (primary N) is 1. The number of nitrogens with zero attached hydrogens (tertiary/aromatic N) is 1. The SMILES string of the molecule is CC(C)(N)C(=O)N1CCC(C(C)(C)C)CC1. The summed E-state index contributed by atoms with van der Waals surface area (Å²) in [4.78, 5) is 13.9. The van der Waals surface area contributed by atoms with Crippen LogP contribution in [0.3, 0.4) is 0 Å². The van der Waals surface area contributed by atoms with Gasteiger partial charge in [-0.25, -0.2) is 0 Å². The van der Waals surface area contributed by atoms with Crippen molar-refractivity contribution >= 4 is 5.91 Å². The van der Waals surface area contributed by atoms with Gasteiger partial charge >= 0.3 is 0 Å². The molecule has 0 aromatic rings. The standard InChI is InChI=1S/C13H26N2O/c1-12(2,3)10-6-8-15(9-7-10)11(16)13(4,5)14/h10H,6-9,14H2,1-5H3. The van der Waals surface area contributed by atoms with Gasteiger partial charge in [0.1, 0.15) is 0 Å². The number of hydrogen-bond donors (Lipinski definition) is 1. The second-order valence-corrected chi connectivity index (χ2v) is 6.65. The number of rotatable bonds is 1. The van der Waals surface area contributed by atoms with Gasteiger partial charge in [-0.2, -0.15) is 0 Å². The summed E-state index contributed by atoms with van der Waals surface area (Å²) in [5.74, 6) is 0.803. The van der Waals surface area contributed by atoms with E-state index in [0.29, 0.717) is 5.41 Å². The zero-order valence-electron chi connectivity index (χ0n) is 11.3. The van der Waals surface area contributed by atoms with Crippen LogP contribution in [0.2, 0.25) is 0 Å². The van der Waals surface area contributed by atoms with E-state index in [1.54, 1.807) is 13.8 Å². The molecule has 1 heterocycles. The lowest BCUT2D eigenvalue weighted by Crippen LogP contribution is -2.53. The third-order valence-corrected chi connectivity index (χ3v) is 3.56. The van der Waals surface area contributed by atoms with Gasteiger partial charge in [-0.05, 0) is 38.0 Å². The van der Waals surface area contributed by atoms with Gasteiger partial charge in [-0.1, -0.05) is 20.8 Å². The Kier molecular flexibility index (Phi) is 3.68. The molecule has 1 amide bonds. The van der Waals surface area contributed by atoms with Crippen LogP contribution in [-0.4, -0.2) is 29.4 Å². The van der Waals surface area contributed by atoms with Crippen LogP contribution >= 0.6 is 0 Å². The van der Waals surface area contributed by atoms with Gasteiger partial charge in [0.25, 0.3) is 0 Å². The Balaban J connectivity index is 2.53. The smallest absolute Gasteiger partial charge is 0.242 e. The van der Waals surface area contributed by atoms with Crippen LogP contribution in [0, 0.1) is 11.3 Å². The van der Waals surface area contributed by atoms with E-state index in [1.807, 2.05) is 4.90 Å². The molecular formula is C13H26N2O. The average Bonchev–Trinajstić information content (AvgIpc) is 2.14. The average molecular weight is 226 g/mol. The first-order valence-electron chi connectivity index (χ1n) is 6.20. The van der Waals surface area contributed by atoms with Crippen molar-refractivity contribution < 1.29 is 4.79 Å².